The zero-order chi connectivity index (χ0) is 21.0. The van der Waals surface area contributed by atoms with Crippen LogP contribution in [-0.2, 0) is 14.3 Å². The summed E-state index contributed by atoms with van der Waals surface area (Å²) < 4.78 is 10.1. The van der Waals surface area contributed by atoms with Crippen LogP contribution in [0.1, 0.15) is 37.2 Å². The third kappa shape index (κ3) is 4.62. The standard InChI is InChI=1S/C20H29N3O6/c1-3-28-19(26)20(27)6-8-21(9-7-20)15(2)17(24)22-10-12-23(13-11-22)18(25)16-5-4-14-29-16/h4-5,14-15,27H,3,6-13H2,1-2H3/t15-/m1/s1. The molecule has 2 aliphatic heterocycles. The number of ether oxygens (including phenoxy) is 1. The van der Waals surface area contributed by atoms with Gasteiger partial charge in [-0.2, -0.15) is 0 Å². The number of hydrogen-bond acceptors (Lipinski definition) is 7. The summed E-state index contributed by atoms with van der Waals surface area (Å²) in [4.78, 5) is 42.6. The number of piperazine rings is 1. The van der Waals surface area contributed by atoms with E-state index in [1.807, 2.05) is 11.8 Å². The van der Waals surface area contributed by atoms with Crippen LogP contribution in [0.25, 0.3) is 0 Å². The van der Waals surface area contributed by atoms with Gasteiger partial charge in [0.1, 0.15) is 0 Å². The van der Waals surface area contributed by atoms with E-state index in [0.29, 0.717) is 45.0 Å². The Morgan fingerprint density at radius 1 is 1.14 bits per heavy atom. The topological polar surface area (TPSA) is 104 Å². The zero-order valence-electron chi connectivity index (χ0n) is 17.0. The molecule has 0 radical (unpaired) electrons. The molecule has 1 atom stereocenters. The predicted octanol–water partition coefficient (Wildman–Crippen LogP) is 0.343. The molecule has 3 rings (SSSR count). The fourth-order valence-corrected chi connectivity index (χ4v) is 3.86. The molecule has 0 aromatic carbocycles. The van der Waals surface area contributed by atoms with Gasteiger partial charge in [-0.3, -0.25) is 14.5 Å². The lowest BCUT2D eigenvalue weighted by atomic mass is 9.90. The maximum Gasteiger partial charge on any atom is 0.338 e. The van der Waals surface area contributed by atoms with Gasteiger partial charge in [0, 0.05) is 39.3 Å². The molecular weight excluding hydrogens is 378 g/mol. The average Bonchev–Trinajstić information content (AvgIpc) is 3.28. The van der Waals surface area contributed by atoms with E-state index in [4.69, 9.17) is 9.15 Å². The van der Waals surface area contributed by atoms with Gasteiger partial charge in [-0.1, -0.05) is 0 Å². The lowest BCUT2D eigenvalue weighted by Crippen LogP contribution is -2.58. The molecule has 2 fully saturated rings. The molecule has 2 saturated heterocycles. The molecule has 0 aliphatic carbocycles. The Balaban J connectivity index is 1.49. The van der Waals surface area contributed by atoms with Gasteiger partial charge in [-0.15, -0.1) is 0 Å². The number of furan rings is 1. The molecule has 9 nitrogen and oxygen atoms in total. The maximum atomic E-state index is 12.9. The van der Waals surface area contributed by atoms with Crippen molar-refractivity contribution in [2.24, 2.45) is 0 Å². The van der Waals surface area contributed by atoms with Crippen molar-refractivity contribution in [1.29, 1.82) is 0 Å². The molecule has 1 aromatic heterocycles. The number of rotatable bonds is 5. The molecule has 9 heteroatoms. The number of likely N-dealkylation sites (tertiary alicyclic amines) is 1. The molecule has 0 unspecified atom stereocenters. The summed E-state index contributed by atoms with van der Waals surface area (Å²) in [7, 11) is 0. The first-order chi connectivity index (χ1) is 13.9. The highest BCUT2D eigenvalue weighted by Gasteiger charge is 2.42. The molecule has 2 amide bonds. The molecule has 0 saturated carbocycles. The van der Waals surface area contributed by atoms with E-state index in [1.165, 1.54) is 6.26 Å². The number of nitrogens with zero attached hydrogens (tertiary/aromatic N) is 3. The monoisotopic (exact) mass is 407 g/mol. The van der Waals surface area contributed by atoms with E-state index >= 15 is 0 Å². The lowest BCUT2D eigenvalue weighted by Gasteiger charge is -2.41. The minimum Gasteiger partial charge on any atom is -0.464 e. The SMILES string of the molecule is CCOC(=O)C1(O)CCN([C@H](C)C(=O)N2CCN(C(=O)c3ccco3)CC2)CC1. The minimum atomic E-state index is -1.47. The van der Waals surface area contributed by atoms with Crippen molar-refractivity contribution in [2.75, 3.05) is 45.9 Å². The Bertz CT molecular complexity index is 719. The van der Waals surface area contributed by atoms with E-state index < -0.39 is 11.6 Å². The van der Waals surface area contributed by atoms with Crippen LogP contribution in [0.4, 0.5) is 0 Å². The summed E-state index contributed by atoms with van der Waals surface area (Å²) in [6.07, 6.45) is 1.96. The molecule has 160 valence electrons. The summed E-state index contributed by atoms with van der Waals surface area (Å²) in [6, 6.07) is 2.96. The summed E-state index contributed by atoms with van der Waals surface area (Å²) in [5.41, 5.74) is -1.47. The third-order valence-corrected chi connectivity index (χ3v) is 5.80. The number of amides is 2. The van der Waals surface area contributed by atoms with Crippen molar-refractivity contribution in [3.05, 3.63) is 24.2 Å². The van der Waals surface area contributed by atoms with Crippen molar-refractivity contribution in [2.45, 2.75) is 38.3 Å². The quantitative estimate of drug-likeness (QED) is 0.702. The Morgan fingerprint density at radius 2 is 1.76 bits per heavy atom. The molecule has 1 aromatic rings. The summed E-state index contributed by atoms with van der Waals surface area (Å²) in [5.74, 6) is -0.447. The highest BCUT2D eigenvalue weighted by Crippen LogP contribution is 2.25. The van der Waals surface area contributed by atoms with E-state index in [-0.39, 0.29) is 37.3 Å². The molecule has 0 spiro atoms. The first-order valence-electron chi connectivity index (χ1n) is 10.1. The van der Waals surface area contributed by atoms with Gasteiger partial charge in [0.05, 0.1) is 18.9 Å². The predicted molar refractivity (Wildman–Crippen MR) is 103 cm³/mol. The van der Waals surface area contributed by atoms with Gasteiger partial charge in [0.25, 0.3) is 5.91 Å². The van der Waals surface area contributed by atoms with Crippen LogP contribution in [-0.4, -0.2) is 95.1 Å². The van der Waals surface area contributed by atoms with E-state index in [1.54, 1.807) is 28.9 Å². The Labute approximate surface area is 170 Å². The fraction of sp³-hybridized carbons (Fsp3) is 0.650. The summed E-state index contributed by atoms with van der Waals surface area (Å²) >= 11 is 0. The number of hydrogen-bond donors (Lipinski definition) is 1. The molecule has 29 heavy (non-hydrogen) atoms. The number of carbonyl (C=O) groups excluding carboxylic acids is 3. The molecule has 0 bridgehead atoms. The van der Waals surface area contributed by atoms with Crippen molar-refractivity contribution >= 4 is 17.8 Å². The molecule has 1 N–H and O–H groups in total. The van der Waals surface area contributed by atoms with E-state index in [0.717, 1.165) is 0 Å². The molecule has 3 heterocycles. The number of piperidine rings is 1. The number of carbonyl (C=O) groups is 3. The first kappa shape index (κ1) is 21.3. The van der Waals surface area contributed by atoms with Gasteiger partial charge < -0.3 is 24.1 Å². The van der Waals surface area contributed by atoms with Gasteiger partial charge in [-0.05, 0) is 38.8 Å². The van der Waals surface area contributed by atoms with Crippen LogP contribution in [0.15, 0.2) is 22.8 Å². The zero-order valence-corrected chi connectivity index (χ0v) is 17.0. The highest BCUT2D eigenvalue weighted by molar-refractivity contribution is 5.91. The summed E-state index contributed by atoms with van der Waals surface area (Å²) in [5, 5.41) is 10.5. The van der Waals surface area contributed by atoms with Gasteiger partial charge in [0.2, 0.25) is 5.91 Å². The maximum absolute atomic E-state index is 12.9. The molecular formula is C20H29N3O6. The number of esters is 1. The van der Waals surface area contributed by atoms with Crippen molar-refractivity contribution < 1.29 is 28.6 Å². The first-order valence-corrected chi connectivity index (χ1v) is 10.1. The Hall–Kier alpha value is -2.39. The second-order valence-electron chi connectivity index (χ2n) is 7.56. The van der Waals surface area contributed by atoms with E-state index in [9.17, 15) is 19.5 Å². The van der Waals surface area contributed by atoms with Gasteiger partial charge in [-0.25, -0.2) is 4.79 Å². The second kappa shape index (κ2) is 8.96. The van der Waals surface area contributed by atoms with Crippen LogP contribution < -0.4 is 0 Å². The Kier molecular flexibility index (Phi) is 6.59. The smallest absolute Gasteiger partial charge is 0.338 e. The van der Waals surface area contributed by atoms with Gasteiger partial charge in [0.15, 0.2) is 11.4 Å². The second-order valence-corrected chi connectivity index (χ2v) is 7.56. The Morgan fingerprint density at radius 3 is 2.31 bits per heavy atom. The summed E-state index contributed by atoms with van der Waals surface area (Å²) in [6.45, 7) is 6.52. The average molecular weight is 407 g/mol. The van der Waals surface area contributed by atoms with Crippen molar-refractivity contribution in [3.63, 3.8) is 0 Å². The fourth-order valence-electron chi connectivity index (χ4n) is 3.86. The number of aliphatic hydroxyl groups is 1. The van der Waals surface area contributed by atoms with Crippen molar-refractivity contribution in [1.82, 2.24) is 14.7 Å². The largest absolute Gasteiger partial charge is 0.464 e. The van der Waals surface area contributed by atoms with Crippen LogP contribution in [0.2, 0.25) is 0 Å². The van der Waals surface area contributed by atoms with Crippen LogP contribution in [0.5, 0.6) is 0 Å². The molecule has 2 aliphatic rings. The van der Waals surface area contributed by atoms with Crippen LogP contribution in [0, 0.1) is 0 Å². The van der Waals surface area contributed by atoms with Crippen molar-refractivity contribution in [3.8, 4) is 0 Å². The minimum absolute atomic E-state index is 0.00308. The normalized spacial score (nSPS) is 20.9. The third-order valence-electron chi connectivity index (χ3n) is 5.80. The van der Waals surface area contributed by atoms with Crippen LogP contribution in [0.3, 0.4) is 0 Å². The lowest BCUT2D eigenvalue weighted by molar-refractivity contribution is -0.171. The van der Waals surface area contributed by atoms with Crippen LogP contribution >= 0.6 is 0 Å². The highest BCUT2D eigenvalue weighted by atomic mass is 16.5. The van der Waals surface area contributed by atoms with Gasteiger partial charge >= 0.3 is 5.97 Å². The van der Waals surface area contributed by atoms with E-state index in [2.05, 4.69) is 0 Å².